The highest BCUT2D eigenvalue weighted by Crippen LogP contribution is 2.33. The molecule has 5 rings (SSSR count). The van der Waals surface area contributed by atoms with Gasteiger partial charge in [0.25, 0.3) is 5.56 Å². The van der Waals surface area contributed by atoms with Crippen molar-refractivity contribution in [3.63, 3.8) is 0 Å². The van der Waals surface area contributed by atoms with Crippen LogP contribution in [0.2, 0.25) is 0 Å². The summed E-state index contributed by atoms with van der Waals surface area (Å²) in [6.45, 7) is 0. The third kappa shape index (κ3) is 4.62. The van der Waals surface area contributed by atoms with E-state index in [1.54, 1.807) is 42.5 Å². The van der Waals surface area contributed by atoms with Gasteiger partial charge in [-0.3, -0.25) is 9.36 Å². The van der Waals surface area contributed by atoms with E-state index in [4.69, 9.17) is 14.5 Å². The van der Waals surface area contributed by atoms with E-state index in [9.17, 15) is 15.2 Å². The predicted molar refractivity (Wildman–Crippen MR) is 146 cm³/mol. The molecule has 3 aromatic carbocycles. The van der Waals surface area contributed by atoms with E-state index in [-0.39, 0.29) is 22.6 Å². The molecular formula is C27H20N4O4S2. The molecule has 0 fully saturated rings. The maximum absolute atomic E-state index is 13.7. The highest BCUT2D eigenvalue weighted by Gasteiger charge is 2.20. The van der Waals surface area contributed by atoms with Gasteiger partial charge in [-0.1, -0.05) is 36.0 Å². The van der Waals surface area contributed by atoms with Gasteiger partial charge in [-0.15, -0.1) is 11.3 Å². The molecule has 5 aromatic rings. The SMILES string of the molecule is COc1ccc(OC)c(-n2c(SCC(O)=C(C#N)c3nc4ccccc4s3)nc3ccccc3c2=O)c1. The smallest absolute Gasteiger partial charge is 0.266 e. The van der Waals surface area contributed by atoms with E-state index < -0.39 is 0 Å². The third-order valence-corrected chi connectivity index (χ3v) is 7.62. The Balaban J connectivity index is 1.61. The Hall–Kier alpha value is -4.33. The first-order valence-corrected chi connectivity index (χ1v) is 12.9. The molecule has 0 aliphatic rings. The lowest BCUT2D eigenvalue weighted by molar-refractivity contribution is 0.400. The molecule has 0 saturated heterocycles. The Morgan fingerprint density at radius 3 is 2.54 bits per heavy atom. The lowest BCUT2D eigenvalue weighted by atomic mass is 10.2. The van der Waals surface area contributed by atoms with Crippen molar-refractivity contribution >= 4 is 49.8 Å². The average molecular weight is 529 g/mol. The predicted octanol–water partition coefficient (Wildman–Crippen LogP) is 5.60. The number of thioether (sulfide) groups is 1. The highest BCUT2D eigenvalue weighted by atomic mass is 32.2. The summed E-state index contributed by atoms with van der Waals surface area (Å²) in [5.74, 6) is 0.833. The summed E-state index contributed by atoms with van der Waals surface area (Å²) in [6, 6.07) is 21.8. The summed E-state index contributed by atoms with van der Waals surface area (Å²) in [6.07, 6.45) is 0. The van der Waals surface area contributed by atoms with Gasteiger partial charge in [-0.25, -0.2) is 9.97 Å². The molecule has 2 heterocycles. The number of nitrogens with zero attached hydrogens (tertiary/aromatic N) is 4. The number of aliphatic hydroxyl groups is 1. The molecule has 2 aromatic heterocycles. The molecule has 0 amide bonds. The minimum Gasteiger partial charge on any atom is -0.510 e. The molecule has 37 heavy (non-hydrogen) atoms. The molecular weight excluding hydrogens is 508 g/mol. The van der Waals surface area contributed by atoms with Crippen molar-refractivity contribution < 1.29 is 14.6 Å². The number of ether oxygens (including phenoxy) is 2. The molecule has 8 nitrogen and oxygen atoms in total. The van der Waals surface area contributed by atoms with Gasteiger partial charge in [0.15, 0.2) is 5.16 Å². The summed E-state index contributed by atoms with van der Waals surface area (Å²) < 4.78 is 13.3. The summed E-state index contributed by atoms with van der Waals surface area (Å²) in [7, 11) is 3.06. The van der Waals surface area contributed by atoms with Crippen LogP contribution in [0.3, 0.4) is 0 Å². The van der Waals surface area contributed by atoms with Crippen molar-refractivity contribution in [2.45, 2.75) is 5.16 Å². The van der Waals surface area contributed by atoms with Gasteiger partial charge < -0.3 is 14.6 Å². The minimum absolute atomic E-state index is 0.00408. The lowest BCUT2D eigenvalue weighted by Crippen LogP contribution is -2.22. The van der Waals surface area contributed by atoms with Crippen LogP contribution in [0.15, 0.2) is 82.4 Å². The first kappa shape index (κ1) is 24.4. The maximum atomic E-state index is 13.7. The molecule has 10 heteroatoms. The molecule has 0 aliphatic heterocycles. The number of allylic oxidation sites excluding steroid dienone is 1. The monoisotopic (exact) mass is 528 g/mol. The van der Waals surface area contributed by atoms with Crippen molar-refractivity contribution in [3.05, 3.63) is 87.9 Å². The van der Waals surface area contributed by atoms with Crippen molar-refractivity contribution in [3.8, 4) is 23.3 Å². The maximum Gasteiger partial charge on any atom is 0.266 e. The van der Waals surface area contributed by atoms with Gasteiger partial charge in [-0.05, 0) is 36.4 Å². The van der Waals surface area contributed by atoms with Crippen molar-refractivity contribution in [2.24, 2.45) is 0 Å². The molecule has 1 N–H and O–H groups in total. The van der Waals surface area contributed by atoms with Gasteiger partial charge >= 0.3 is 0 Å². The molecule has 0 atom stereocenters. The molecule has 0 unspecified atom stereocenters. The van der Waals surface area contributed by atoms with Crippen molar-refractivity contribution in [2.75, 3.05) is 20.0 Å². The Morgan fingerprint density at radius 1 is 1.05 bits per heavy atom. The molecule has 0 radical (unpaired) electrons. The van der Waals surface area contributed by atoms with Gasteiger partial charge in [0, 0.05) is 6.07 Å². The topological polar surface area (TPSA) is 110 Å². The number of para-hydroxylation sites is 2. The second-order valence-electron chi connectivity index (χ2n) is 7.80. The standard InChI is InChI=1S/C27H20N4O4S2/c1-34-16-11-12-23(35-2)21(13-16)31-26(33)17-7-3-4-8-19(17)30-27(31)36-15-22(32)18(14-28)25-29-20-9-5-6-10-24(20)37-25/h3-13,32H,15H2,1-2H3. The molecule has 0 bridgehead atoms. The van der Waals surface area contributed by atoms with Gasteiger partial charge in [0.1, 0.15) is 33.9 Å². The van der Waals surface area contributed by atoms with Gasteiger partial charge in [0.05, 0.1) is 46.8 Å². The zero-order chi connectivity index (χ0) is 25.9. The fraction of sp³-hybridized carbons (Fsp3) is 0.111. The number of rotatable bonds is 7. The quantitative estimate of drug-likeness (QED) is 0.126. The van der Waals surface area contributed by atoms with E-state index in [0.717, 1.165) is 22.0 Å². The Labute approximate surface area is 220 Å². The largest absolute Gasteiger partial charge is 0.510 e. The fourth-order valence-corrected chi connectivity index (χ4v) is 5.68. The number of aliphatic hydroxyl groups excluding tert-OH is 1. The Kier molecular flexibility index (Phi) is 6.81. The normalized spacial score (nSPS) is 11.8. The zero-order valence-electron chi connectivity index (χ0n) is 19.8. The third-order valence-electron chi connectivity index (χ3n) is 5.62. The summed E-state index contributed by atoms with van der Waals surface area (Å²) in [5.41, 5.74) is 1.51. The molecule has 0 spiro atoms. The zero-order valence-corrected chi connectivity index (χ0v) is 21.5. The number of nitriles is 1. The fourth-order valence-electron chi connectivity index (χ4n) is 3.81. The number of thiazole rings is 1. The minimum atomic E-state index is -0.296. The van der Waals surface area contributed by atoms with Crippen molar-refractivity contribution in [1.82, 2.24) is 14.5 Å². The lowest BCUT2D eigenvalue weighted by Gasteiger charge is -2.16. The van der Waals surface area contributed by atoms with E-state index >= 15 is 0 Å². The van der Waals surface area contributed by atoms with Crippen LogP contribution >= 0.6 is 23.1 Å². The van der Waals surface area contributed by atoms with Crippen LogP contribution in [-0.4, -0.2) is 39.6 Å². The van der Waals surface area contributed by atoms with Crippen LogP contribution < -0.4 is 15.0 Å². The number of fused-ring (bicyclic) bond motifs is 2. The van der Waals surface area contributed by atoms with Crippen LogP contribution in [0.5, 0.6) is 11.5 Å². The summed E-state index contributed by atoms with van der Waals surface area (Å²) in [5, 5.41) is 21.9. The van der Waals surface area contributed by atoms with Crippen LogP contribution in [0, 0.1) is 11.3 Å². The molecule has 0 aliphatic carbocycles. The number of hydrogen-bond donors (Lipinski definition) is 1. The van der Waals surface area contributed by atoms with E-state index in [1.165, 1.54) is 30.1 Å². The second-order valence-corrected chi connectivity index (χ2v) is 9.77. The molecule has 184 valence electrons. The van der Waals surface area contributed by atoms with Crippen molar-refractivity contribution in [1.29, 1.82) is 5.26 Å². The Morgan fingerprint density at radius 2 is 1.81 bits per heavy atom. The summed E-state index contributed by atoms with van der Waals surface area (Å²) >= 11 is 2.46. The average Bonchev–Trinajstić information content (AvgIpc) is 3.36. The summed E-state index contributed by atoms with van der Waals surface area (Å²) in [4.78, 5) is 22.8. The van der Waals surface area contributed by atoms with Crippen LogP contribution in [0.4, 0.5) is 0 Å². The van der Waals surface area contributed by atoms with E-state index in [0.29, 0.717) is 38.3 Å². The first-order valence-electron chi connectivity index (χ1n) is 11.1. The van der Waals surface area contributed by atoms with Crippen LogP contribution in [0.25, 0.3) is 32.4 Å². The highest BCUT2D eigenvalue weighted by molar-refractivity contribution is 7.99. The van der Waals surface area contributed by atoms with Gasteiger partial charge in [-0.2, -0.15) is 5.26 Å². The number of hydrogen-bond acceptors (Lipinski definition) is 9. The number of aromatic nitrogens is 3. The van der Waals surface area contributed by atoms with Crippen LogP contribution in [0.1, 0.15) is 5.01 Å². The number of benzene rings is 3. The second kappa shape index (κ2) is 10.3. The number of methoxy groups -OCH3 is 2. The van der Waals surface area contributed by atoms with E-state index in [2.05, 4.69) is 11.1 Å². The van der Waals surface area contributed by atoms with Crippen LogP contribution in [-0.2, 0) is 0 Å². The molecule has 0 saturated carbocycles. The van der Waals surface area contributed by atoms with E-state index in [1.807, 2.05) is 24.3 Å². The first-order chi connectivity index (χ1) is 18.0. The van der Waals surface area contributed by atoms with Gasteiger partial charge in [0.2, 0.25) is 0 Å². The Bertz CT molecular complexity index is 1740.